The van der Waals surface area contributed by atoms with E-state index < -0.39 is 12.0 Å². The van der Waals surface area contributed by atoms with Gasteiger partial charge in [0.25, 0.3) is 5.91 Å². The van der Waals surface area contributed by atoms with E-state index in [0.29, 0.717) is 17.7 Å². The summed E-state index contributed by atoms with van der Waals surface area (Å²) in [5, 5.41) is 16.0. The van der Waals surface area contributed by atoms with Crippen LogP contribution < -0.4 is 5.32 Å². The number of carbonyl (C=O) groups excluding carboxylic acids is 1. The van der Waals surface area contributed by atoms with Gasteiger partial charge in [0, 0.05) is 12.7 Å². The van der Waals surface area contributed by atoms with E-state index in [-0.39, 0.29) is 5.91 Å². The molecule has 1 aromatic rings. The molecule has 0 fully saturated rings. The van der Waals surface area contributed by atoms with Crippen molar-refractivity contribution in [3.05, 3.63) is 17.5 Å². The highest BCUT2D eigenvalue weighted by Gasteiger charge is 2.22. The van der Waals surface area contributed by atoms with Crippen LogP contribution in [0.5, 0.6) is 0 Å². The molecule has 0 saturated carbocycles. The molecule has 0 aliphatic carbocycles. The highest BCUT2D eigenvalue weighted by Crippen LogP contribution is 2.09. The van der Waals surface area contributed by atoms with Crippen molar-refractivity contribution in [1.29, 1.82) is 0 Å². The Labute approximate surface area is 125 Å². The van der Waals surface area contributed by atoms with Crippen molar-refractivity contribution in [1.82, 2.24) is 15.1 Å². The molecule has 2 N–H and O–H groups in total. The van der Waals surface area contributed by atoms with Gasteiger partial charge in [0.05, 0.1) is 11.3 Å². The van der Waals surface area contributed by atoms with Gasteiger partial charge in [-0.05, 0) is 19.8 Å². The summed E-state index contributed by atoms with van der Waals surface area (Å²) in [5.41, 5.74) is 1.08. The summed E-state index contributed by atoms with van der Waals surface area (Å²) in [7, 11) is 0. The van der Waals surface area contributed by atoms with Crippen LogP contribution in [-0.4, -0.2) is 32.8 Å². The van der Waals surface area contributed by atoms with Crippen LogP contribution in [0.15, 0.2) is 6.20 Å². The lowest BCUT2D eigenvalue weighted by atomic mass is 10.1. The van der Waals surface area contributed by atoms with Crippen molar-refractivity contribution in [2.75, 3.05) is 0 Å². The highest BCUT2D eigenvalue weighted by molar-refractivity contribution is 5.97. The Morgan fingerprint density at radius 3 is 2.57 bits per heavy atom. The van der Waals surface area contributed by atoms with Gasteiger partial charge in [-0.2, -0.15) is 5.10 Å². The van der Waals surface area contributed by atoms with E-state index >= 15 is 0 Å². The minimum atomic E-state index is -0.993. The predicted molar refractivity (Wildman–Crippen MR) is 80.3 cm³/mol. The zero-order valence-electron chi connectivity index (χ0n) is 13.1. The van der Waals surface area contributed by atoms with Gasteiger partial charge < -0.3 is 10.4 Å². The smallest absolute Gasteiger partial charge is 0.326 e. The maximum Gasteiger partial charge on any atom is 0.326 e. The maximum absolute atomic E-state index is 12.2. The second-order valence-electron chi connectivity index (χ2n) is 5.25. The SMILES string of the molecule is CCCC[C@H](NC(=O)c1cn(CCCC)nc1C)C(=O)O. The summed E-state index contributed by atoms with van der Waals surface area (Å²) in [6.07, 6.45) is 5.86. The number of aromatic nitrogens is 2. The van der Waals surface area contributed by atoms with E-state index in [1.165, 1.54) is 0 Å². The fourth-order valence-corrected chi connectivity index (χ4v) is 2.08. The molecule has 21 heavy (non-hydrogen) atoms. The van der Waals surface area contributed by atoms with E-state index in [0.717, 1.165) is 32.2 Å². The number of carboxylic acids is 1. The van der Waals surface area contributed by atoms with Crippen LogP contribution in [0, 0.1) is 6.92 Å². The lowest BCUT2D eigenvalue weighted by Gasteiger charge is -2.13. The average molecular weight is 295 g/mol. The van der Waals surface area contributed by atoms with E-state index in [9.17, 15) is 9.59 Å². The van der Waals surface area contributed by atoms with E-state index in [4.69, 9.17) is 5.11 Å². The number of nitrogens with zero attached hydrogens (tertiary/aromatic N) is 2. The monoisotopic (exact) mass is 295 g/mol. The molecule has 0 unspecified atom stereocenters. The fourth-order valence-electron chi connectivity index (χ4n) is 2.08. The average Bonchev–Trinajstić information content (AvgIpc) is 2.81. The second kappa shape index (κ2) is 8.44. The van der Waals surface area contributed by atoms with Crippen molar-refractivity contribution in [2.45, 2.75) is 65.5 Å². The third-order valence-corrected chi connectivity index (χ3v) is 3.38. The Kier molecular flexibility index (Phi) is 6.91. The summed E-state index contributed by atoms with van der Waals surface area (Å²) < 4.78 is 1.75. The normalized spacial score (nSPS) is 12.1. The first-order valence-corrected chi connectivity index (χ1v) is 7.57. The molecule has 118 valence electrons. The molecule has 0 spiro atoms. The molecule has 0 radical (unpaired) electrons. The standard InChI is InChI=1S/C15H25N3O3/c1-4-6-8-13(15(20)21)16-14(19)12-10-18(9-7-5-2)17-11(12)3/h10,13H,4-9H2,1-3H3,(H,16,19)(H,20,21)/t13-/m0/s1. The molecule has 0 aliphatic heterocycles. The zero-order chi connectivity index (χ0) is 15.8. The van der Waals surface area contributed by atoms with E-state index in [1.54, 1.807) is 17.8 Å². The minimum absolute atomic E-state index is 0.362. The Balaban J connectivity index is 2.73. The minimum Gasteiger partial charge on any atom is -0.480 e. The summed E-state index contributed by atoms with van der Waals surface area (Å²) in [6.45, 7) is 6.61. The van der Waals surface area contributed by atoms with E-state index in [1.807, 2.05) is 6.92 Å². The van der Waals surface area contributed by atoms with Crippen LogP contribution in [-0.2, 0) is 11.3 Å². The molecular weight excluding hydrogens is 270 g/mol. The van der Waals surface area contributed by atoms with Crippen LogP contribution in [0.4, 0.5) is 0 Å². The molecule has 0 saturated heterocycles. The lowest BCUT2D eigenvalue weighted by molar-refractivity contribution is -0.139. The van der Waals surface area contributed by atoms with Crippen LogP contribution in [0.25, 0.3) is 0 Å². The number of carboxylic acid groups (broad SMARTS) is 1. The van der Waals surface area contributed by atoms with Crippen molar-refractivity contribution in [3.8, 4) is 0 Å². The molecule has 1 atom stereocenters. The molecule has 0 aliphatic rings. The van der Waals surface area contributed by atoms with Crippen molar-refractivity contribution in [3.63, 3.8) is 0 Å². The summed E-state index contributed by atoms with van der Waals surface area (Å²) in [4.78, 5) is 23.4. The molecular formula is C15H25N3O3. The number of amides is 1. The molecule has 6 nitrogen and oxygen atoms in total. The van der Waals surface area contributed by atoms with Crippen molar-refractivity contribution in [2.24, 2.45) is 0 Å². The molecule has 1 heterocycles. The molecule has 0 bridgehead atoms. The first kappa shape index (κ1) is 17.2. The Bertz CT molecular complexity index is 483. The van der Waals surface area contributed by atoms with Crippen molar-refractivity contribution < 1.29 is 14.7 Å². The third-order valence-electron chi connectivity index (χ3n) is 3.38. The predicted octanol–water partition coefficient (Wildman–Crippen LogP) is 2.36. The third kappa shape index (κ3) is 5.21. The second-order valence-corrected chi connectivity index (χ2v) is 5.25. The summed E-state index contributed by atoms with van der Waals surface area (Å²) in [5.74, 6) is -1.36. The van der Waals surface area contributed by atoms with Gasteiger partial charge in [-0.1, -0.05) is 33.1 Å². The number of hydrogen-bond donors (Lipinski definition) is 2. The topological polar surface area (TPSA) is 84.2 Å². The molecule has 1 amide bonds. The number of carbonyl (C=O) groups is 2. The number of aryl methyl sites for hydroxylation is 2. The number of unbranched alkanes of at least 4 members (excludes halogenated alkanes) is 2. The van der Waals surface area contributed by atoms with Crippen LogP contribution in [0.1, 0.15) is 62.0 Å². The highest BCUT2D eigenvalue weighted by atomic mass is 16.4. The molecule has 6 heteroatoms. The molecule has 1 rings (SSSR count). The lowest BCUT2D eigenvalue weighted by Crippen LogP contribution is -2.40. The number of nitrogens with one attached hydrogen (secondary N) is 1. The van der Waals surface area contributed by atoms with Gasteiger partial charge in [0.2, 0.25) is 0 Å². The number of aliphatic carboxylic acids is 1. The quantitative estimate of drug-likeness (QED) is 0.732. The van der Waals surface area contributed by atoms with Crippen LogP contribution in [0.2, 0.25) is 0 Å². The van der Waals surface area contributed by atoms with Gasteiger partial charge in [0.1, 0.15) is 6.04 Å². The Morgan fingerprint density at radius 2 is 2.00 bits per heavy atom. The Hall–Kier alpha value is -1.85. The van der Waals surface area contributed by atoms with Crippen molar-refractivity contribution >= 4 is 11.9 Å². The Morgan fingerprint density at radius 1 is 1.33 bits per heavy atom. The zero-order valence-corrected chi connectivity index (χ0v) is 13.1. The van der Waals surface area contributed by atoms with Crippen LogP contribution >= 0.6 is 0 Å². The van der Waals surface area contributed by atoms with Gasteiger partial charge in [-0.3, -0.25) is 9.48 Å². The molecule has 0 aromatic carbocycles. The van der Waals surface area contributed by atoms with Gasteiger partial charge in [-0.25, -0.2) is 4.79 Å². The fraction of sp³-hybridized carbons (Fsp3) is 0.667. The maximum atomic E-state index is 12.2. The first-order valence-electron chi connectivity index (χ1n) is 7.57. The summed E-state index contributed by atoms with van der Waals surface area (Å²) >= 11 is 0. The van der Waals surface area contributed by atoms with Gasteiger partial charge >= 0.3 is 5.97 Å². The number of hydrogen-bond acceptors (Lipinski definition) is 3. The number of rotatable bonds is 9. The summed E-state index contributed by atoms with van der Waals surface area (Å²) in [6, 6.07) is -0.837. The largest absolute Gasteiger partial charge is 0.480 e. The van der Waals surface area contributed by atoms with E-state index in [2.05, 4.69) is 17.3 Å². The van der Waals surface area contributed by atoms with Gasteiger partial charge in [0.15, 0.2) is 0 Å². The first-order chi connectivity index (χ1) is 9.99. The van der Waals surface area contributed by atoms with Gasteiger partial charge in [-0.15, -0.1) is 0 Å². The van der Waals surface area contributed by atoms with Crippen LogP contribution in [0.3, 0.4) is 0 Å². The molecule has 1 aromatic heterocycles.